The van der Waals surface area contributed by atoms with Crippen molar-refractivity contribution in [3.05, 3.63) is 119 Å². The van der Waals surface area contributed by atoms with Gasteiger partial charge in [-0.25, -0.2) is 9.07 Å². The Morgan fingerprint density at radius 2 is 1.66 bits per heavy atom. The first-order valence-corrected chi connectivity index (χ1v) is 14.8. The van der Waals surface area contributed by atoms with E-state index in [0.29, 0.717) is 0 Å². The Kier molecular flexibility index (Phi) is 8.05. The van der Waals surface area contributed by atoms with E-state index in [1.54, 1.807) is 19.1 Å². The Morgan fingerprint density at radius 1 is 0.974 bits per heavy atom. The van der Waals surface area contributed by atoms with E-state index in [9.17, 15) is 12.8 Å². The number of halogens is 1. The summed E-state index contributed by atoms with van der Waals surface area (Å²) in [5.41, 5.74) is 5.94. The van der Waals surface area contributed by atoms with Crippen LogP contribution in [0.25, 0.3) is 5.69 Å². The predicted octanol–water partition coefficient (Wildman–Crippen LogP) is 6.71. The Morgan fingerprint density at radius 3 is 2.37 bits per heavy atom. The summed E-state index contributed by atoms with van der Waals surface area (Å²) in [5.74, 6) is -0.159. The van der Waals surface area contributed by atoms with Crippen molar-refractivity contribution < 1.29 is 17.0 Å². The molecule has 0 saturated heterocycles. The maximum Gasteiger partial charge on any atom is 0.268 e. The van der Waals surface area contributed by atoms with Gasteiger partial charge in [-0.3, -0.25) is 4.18 Å². The molecule has 2 atom stereocenters. The van der Waals surface area contributed by atoms with Gasteiger partial charge in [-0.1, -0.05) is 60.7 Å². The molecule has 0 spiro atoms. The van der Waals surface area contributed by atoms with E-state index >= 15 is 0 Å². The van der Waals surface area contributed by atoms with E-state index in [2.05, 4.69) is 24.3 Å². The van der Waals surface area contributed by atoms with Crippen LogP contribution in [0.3, 0.4) is 0 Å². The first kappa shape index (κ1) is 26.3. The third-order valence-corrected chi connectivity index (χ3v) is 8.60. The van der Waals surface area contributed by atoms with Gasteiger partial charge in [0, 0.05) is 12.3 Å². The molecule has 0 N–H and O–H groups in total. The third kappa shape index (κ3) is 6.22. The normalized spacial score (nSPS) is 16.2. The Labute approximate surface area is 224 Å². The number of fused-ring (bicyclic) bond motifs is 1. The van der Waals surface area contributed by atoms with E-state index < -0.39 is 16.2 Å². The predicted molar refractivity (Wildman–Crippen MR) is 147 cm³/mol. The second-order valence-electron chi connectivity index (χ2n) is 9.97. The van der Waals surface area contributed by atoms with Crippen molar-refractivity contribution in [1.29, 1.82) is 0 Å². The molecule has 0 amide bonds. The second-order valence-corrected chi connectivity index (χ2v) is 11.7. The van der Waals surface area contributed by atoms with E-state index in [0.717, 1.165) is 60.3 Å². The second kappa shape index (κ2) is 11.6. The highest BCUT2D eigenvalue weighted by molar-refractivity contribution is 7.86. The molecule has 4 aromatic rings. The van der Waals surface area contributed by atoms with Crippen LogP contribution in [0.2, 0.25) is 0 Å². The lowest BCUT2D eigenvalue weighted by Gasteiger charge is -2.25. The van der Waals surface area contributed by atoms with Crippen LogP contribution in [0, 0.1) is 5.82 Å². The van der Waals surface area contributed by atoms with Crippen LogP contribution in [0.5, 0.6) is 0 Å². The summed E-state index contributed by atoms with van der Waals surface area (Å²) in [6.45, 7) is 1.75. The first-order valence-electron chi connectivity index (χ1n) is 13.3. The summed E-state index contributed by atoms with van der Waals surface area (Å²) in [7, 11) is -3.77. The maximum absolute atomic E-state index is 13.7. The van der Waals surface area contributed by atoms with Gasteiger partial charge in [0.05, 0.1) is 28.9 Å². The van der Waals surface area contributed by atoms with Gasteiger partial charge in [-0.15, -0.1) is 0 Å². The van der Waals surface area contributed by atoms with Crippen molar-refractivity contribution in [2.24, 2.45) is 0 Å². The number of aromatic nitrogens is 2. The molecule has 38 heavy (non-hydrogen) atoms. The highest BCUT2D eigenvalue weighted by Crippen LogP contribution is 2.38. The Hall–Kier alpha value is -3.29. The van der Waals surface area contributed by atoms with E-state index in [4.69, 9.17) is 9.28 Å². The van der Waals surface area contributed by atoms with Crippen LogP contribution in [0.15, 0.2) is 84.9 Å². The monoisotopic (exact) mass is 532 g/mol. The fourth-order valence-electron chi connectivity index (χ4n) is 5.38. The number of hydrogen-bond donors (Lipinski definition) is 0. The smallest absolute Gasteiger partial charge is 0.262 e. The zero-order chi connectivity index (χ0) is 26.5. The number of rotatable bonds is 10. The van der Waals surface area contributed by atoms with Crippen molar-refractivity contribution in [3.63, 3.8) is 0 Å². The molecule has 1 aliphatic rings. The molecule has 1 aliphatic carbocycles. The highest BCUT2D eigenvalue weighted by Gasteiger charge is 2.30. The van der Waals surface area contributed by atoms with Gasteiger partial charge >= 0.3 is 0 Å². The zero-order valence-electron chi connectivity index (χ0n) is 21.6. The van der Waals surface area contributed by atoms with Crippen LogP contribution in [0.4, 0.5) is 4.39 Å². The summed E-state index contributed by atoms with van der Waals surface area (Å²) in [5, 5.41) is 4.91. The van der Waals surface area contributed by atoms with Gasteiger partial charge in [0.15, 0.2) is 0 Å². The number of benzene rings is 3. The van der Waals surface area contributed by atoms with Crippen molar-refractivity contribution in [2.45, 2.75) is 57.5 Å². The number of nitrogens with zero attached hydrogens (tertiary/aromatic N) is 2. The fraction of sp³-hybridized carbons (Fsp3) is 0.323. The van der Waals surface area contributed by atoms with E-state index in [1.165, 1.54) is 17.7 Å². The molecule has 0 bridgehead atoms. The largest absolute Gasteiger partial charge is 0.268 e. The van der Waals surface area contributed by atoms with Gasteiger partial charge in [-0.2, -0.15) is 13.5 Å². The van der Waals surface area contributed by atoms with Gasteiger partial charge in [0.25, 0.3) is 10.1 Å². The molecule has 3 aromatic carbocycles. The number of hydrogen-bond acceptors (Lipinski definition) is 4. The molecular formula is C31H33FN2O3S. The van der Waals surface area contributed by atoms with Crippen molar-refractivity contribution >= 4 is 10.1 Å². The molecule has 0 fully saturated rings. The summed E-state index contributed by atoms with van der Waals surface area (Å²) in [6.07, 6.45) is 4.56. The van der Waals surface area contributed by atoms with Gasteiger partial charge in [0.2, 0.25) is 0 Å². The van der Waals surface area contributed by atoms with Crippen LogP contribution < -0.4 is 0 Å². The molecule has 5 rings (SSSR count). The lowest BCUT2D eigenvalue weighted by atomic mass is 9.82. The molecule has 5 nitrogen and oxygen atoms in total. The van der Waals surface area contributed by atoms with Gasteiger partial charge in [-0.05, 0) is 80.0 Å². The quantitative estimate of drug-likeness (QED) is 0.213. The van der Waals surface area contributed by atoms with Gasteiger partial charge < -0.3 is 0 Å². The van der Waals surface area contributed by atoms with Crippen LogP contribution in [-0.4, -0.2) is 24.0 Å². The number of aryl methyl sites for hydroxylation is 2. The topological polar surface area (TPSA) is 61.2 Å². The minimum absolute atomic E-state index is 0.147. The molecular weight excluding hydrogens is 499 g/mol. The summed E-state index contributed by atoms with van der Waals surface area (Å²) in [4.78, 5) is 0. The minimum Gasteiger partial charge on any atom is -0.262 e. The molecule has 2 unspecified atom stereocenters. The molecule has 0 aliphatic heterocycles. The fourth-order valence-corrected chi connectivity index (χ4v) is 6.47. The lowest BCUT2D eigenvalue weighted by molar-refractivity contribution is 0.234. The Bertz CT molecular complexity index is 1450. The van der Waals surface area contributed by atoms with Crippen molar-refractivity contribution in [2.75, 3.05) is 5.75 Å². The lowest BCUT2D eigenvalue weighted by Crippen LogP contribution is -2.16. The Balaban J connectivity index is 1.40. The van der Waals surface area contributed by atoms with Crippen molar-refractivity contribution in [3.8, 4) is 5.69 Å². The highest BCUT2D eigenvalue weighted by atomic mass is 32.2. The standard InChI is InChI=1S/C31H33FN2O3S/c1-23(25-11-6-3-7-12-25)37-38(35,36)22-21-30-29-14-8-13-26(16-15-24-9-4-2-5-10-24)31(29)34(33-30)28-19-17-27(32)18-20-28/h2-7,9-12,17-20,23,26H,8,13-16,21-22H2,1H3. The summed E-state index contributed by atoms with van der Waals surface area (Å²) < 4.78 is 46.9. The molecule has 1 aromatic heterocycles. The molecule has 0 radical (unpaired) electrons. The van der Waals surface area contributed by atoms with Crippen LogP contribution in [0.1, 0.15) is 66.3 Å². The summed E-state index contributed by atoms with van der Waals surface area (Å²) >= 11 is 0. The van der Waals surface area contributed by atoms with Gasteiger partial charge in [0.1, 0.15) is 5.82 Å². The van der Waals surface area contributed by atoms with E-state index in [1.807, 2.05) is 41.1 Å². The van der Waals surface area contributed by atoms with Crippen LogP contribution >= 0.6 is 0 Å². The van der Waals surface area contributed by atoms with Crippen molar-refractivity contribution in [1.82, 2.24) is 9.78 Å². The average Bonchev–Trinajstić information content (AvgIpc) is 3.31. The molecule has 7 heteroatoms. The first-order chi connectivity index (χ1) is 18.4. The maximum atomic E-state index is 13.7. The molecule has 1 heterocycles. The van der Waals surface area contributed by atoms with Crippen LogP contribution in [-0.2, 0) is 33.6 Å². The summed E-state index contributed by atoms with van der Waals surface area (Å²) in [6, 6.07) is 26.1. The molecule has 198 valence electrons. The third-order valence-electron chi connectivity index (χ3n) is 7.32. The molecule has 0 saturated carbocycles. The zero-order valence-corrected chi connectivity index (χ0v) is 22.4. The van der Waals surface area contributed by atoms with E-state index in [-0.39, 0.29) is 23.9 Å². The average molecular weight is 533 g/mol. The SMILES string of the molecule is CC(OS(=O)(=O)CCc1nn(-c2ccc(F)cc2)c2c1CCCC2CCc1ccccc1)c1ccccc1. The minimum atomic E-state index is -3.77.